The number of para-hydroxylation sites is 1. The summed E-state index contributed by atoms with van der Waals surface area (Å²) in [5.41, 5.74) is 7.65. The average molecular weight is 355 g/mol. The van der Waals surface area contributed by atoms with E-state index in [-0.39, 0.29) is 18.0 Å². The SMILES string of the molecule is COC(=O)C(Cc1cnc[nH]1)NC(=O)c1coc(-c2ccccc2N)n1. The lowest BCUT2D eigenvalue weighted by Crippen LogP contribution is -2.43. The van der Waals surface area contributed by atoms with Gasteiger partial charge < -0.3 is 25.2 Å². The maximum Gasteiger partial charge on any atom is 0.328 e. The topological polar surface area (TPSA) is 136 Å². The number of hydrogen-bond donors (Lipinski definition) is 3. The molecule has 0 aliphatic carbocycles. The van der Waals surface area contributed by atoms with Crippen LogP contribution in [0.4, 0.5) is 5.69 Å². The van der Waals surface area contributed by atoms with E-state index in [0.29, 0.717) is 16.9 Å². The Balaban J connectivity index is 1.75. The summed E-state index contributed by atoms with van der Waals surface area (Å²) in [6, 6.07) is 6.11. The summed E-state index contributed by atoms with van der Waals surface area (Å²) in [4.78, 5) is 35.3. The molecular weight excluding hydrogens is 338 g/mol. The number of carbonyl (C=O) groups excluding carboxylic acids is 2. The highest BCUT2D eigenvalue weighted by Gasteiger charge is 2.25. The van der Waals surface area contributed by atoms with Crippen molar-refractivity contribution in [1.29, 1.82) is 0 Å². The zero-order valence-electron chi connectivity index (χ0n) is 13.9. The number of nitrogens with one attached hydrogen (secondary N) is 2. The van der Waals surface area contributed by atoms with Crippen molar-refractivity contribution in [3.63, 3.8) is 0 Å². The number of esters is 1. The maximum absolute atomic E-state index is 12.4. The van der Waals surface area contributed by atoms with Crippen molar-refractivity contribution in [2.75, 3.05) is 12.8 Å². The molecule has 1 aromatic carbocycles. The first-order valence-electron chi connectivity index (χ1n) is 7.75. The number of aromatic amines is 1. The minimum Gasteiger partial charge on any atom is -0.467 e. The van der Waals surface area contributed by atoms with Gasteiger partial charge in [-0.2, -0.15) is 0 Å². The number of ether oxygens (including phenoxy) is 1. The van der Waals surface area contributed by atoms with Crippen molar-refractivity contribution >= 4 is 17.6 Å². The van der Waals surface area contributed by atoms with E-state index >= 15 is 0 Å². The van der Waals surface area contributed by atoms with E-state index in [0.717, 1.165) is 0 Å². The number of amides is 1. The predicted molar refractivity (Wildman–Crippen MR) is 91.9 cm³/mol. The third kappa shape index (κ3) is 3.72. The van der Waals surface area contributed by atoms with Crippen LogP contribution in [0.1, 0.15) is 16.2 Å². The minimum atomic E-state index is -0.894. The number of aromatic nitrogens is 3. The van der Waals surface area contributed by atoms with Gasteiger partial charge in [0.05, 0.1) is 19.0 Å². The van der Waals surface area contributed by atoms with Crippen LogP contribution in [-0.4, -0.2) is 40.0 Å². The number of H-pyrrole nitrogens is 1. The Labute approximate surface area is 148 Å². The zero-order chi connectivity index (χ0) is 18.5. The third-order valence-corrected chi connectivity index (χ3v) is 3.70. The lowest BCUT2D eigenvalue weighted by atomic mass is 10.1. The second-order valence-electron chi connectivity index (χ2n) is 5.46. The van der Waals surface area contributed by atoms with E-state index in [1.807, 2.05) is 0 Å². The maximum atomic E-state index is 12.4. The number of hydrogen-bond acceptors (Lipinski definition) is 7. The standard InChI is InChI=1S/C17H17N5O4/c1-25-17(24)13(6-10-7-19-9-20-10)21-15(23)14-8-26-16(22-14)11-4-2-3-5-12(11)18/h2-5,7-9,13H,6,18H2,1H3,(H,19,20)(H,21,23). The molecule has 4 N–H and O–H groups in total. The first kappa shape index (κ1) is 17.2. The Hall–Kier alpha value is -3.62. The Morgan fingerprint density at radius 2 is 2.19 bits per heavy atom. The van der Waals surface area contributed by atoms with E-state index in [1.165, 1.54) is 19.7 Å². The van der Waals surface area contributed by atoms with E-state index in [4.69, 9.17) is 14.9 Å². The molecule has 1 unspecified atom stereocenters. The van der Waals surface area contributed by atoms with Crippen LogP contribution in [0.2, 0.25) is 0 Å². The largest absolute Gasteiger partial charge is 0.467 e. The molecule has 2 heterocycles. The summed E-state index contributed by atoms with van der Waals surface area (Å²) < 4.78 is 10.1. The summed E-state index contributed by atoms with van der Waals surface area (Å²) >= 11 is 0. The van der Waals surface area contributed by atoms with Gasteiger partial charge in [-0.05, 0) is 12.1 Å². The van der Waals surface area contributed by atoms with Gasteiger partial charge in [-0.3, -0.25) is 4.79 Å². The van der Waals surface area contributed by atoms with Crippen molar-refractivity contribution in [1.82, 2.24) is 20.3 Å². The van der Waals surface area contributed by atoms with Crippen molar-refractivity contribution in [3.8, 4) is 11.5 Å². The van der Waals surface area contributed by atoms with Gasteiger partial charge in [0.2, 0.25) is 5.89 Å². The van der Waals surface area contributed by atoms with Crippen molar-refractivity contribution in [2.45, 2.75) is 12.5 Å². The third-order valence-electron chi connectivity index (χ3n) is 3.70. The van der Waals surface area contributed by atoms with Crippen LogP contribution in [0, 0.1) is 0 Å². The molecule has 0 aliphatic rings. The summed E-state index contributed by atoms with van der Waals surface area (Å²) in [6.45, 7) is 0. The normalized spacial score (nSPS) is 11.7. The monoisotopic (exact) mass is 355 g/mol. The fourth-order valence-corrected chi connectivity index (χ4v) is 2.38. The number of nitrogens with two attached hydrogens (primary N) is 1. The Morgan fingerprint density at radius 3 is 2.88 bits per heavy atom. The van der Waals surface area contributed by atoms with Gasteiger partial charge in [0, 0.05) is 24.0 Å². The fraction of sp³-hybridized carbons (Fsp3) is 0.176. The van der Waals surface area contributed by atoms with Gasteiger partial charge in [-0.25, -0.2) is 14.8 Å². The molecule has 0 bridgehead atoms. The van der Waals surface area contributed by atoms with E-state index in [9.17, 15) is 9.59 Å². The smallest absolute Gasteiger partial charge is 0.328 e. The van der Waals surface area contributed by atoms with Crippen molar-refractivity contribution in [2.24, 2.45) is 0 Å². The number of oxazole rings is 1. The number of carbonyl (C=O) groups is 2. The van der Waals surface area contributed by atoms with Crippen molar-refractivity contribution in [3.05, 3.63) is 54.4 Å². The molecule has 1 amide bonds. The number of nitrogen functional groups attached to an aromatic ring is 1. The number of nitrogens with zero attached hydrogens (tertiary/aromatic N) is 2. The van der Waals surface area contributed by atoms with Crippen LogP contribution in [0.3, 0.4) is 0 Å². The van der Waals surface area contributed by atoms with E-state index in [2.05, 4.69) is 20.3 Å². The Kier molecular flexibility index (Phi) is 4.97. The van der Waals surface area contributed by atoms with Crippen LogP contribution in [0.25, 0.3) is 11.5 Å². The Bertz CT molecular complexity index is 904. The molecule has 134 valence electrons. The number of benzene rings is 1. The highest BCUT2D eigenvalue weighted by Crippen LogP contribution is 2.24. The van der Waals surface area contributed by atoms with Gasteiger partial charge >= 0.3 is 5.97 Å². The molecule has 9 nitrogen and oxygen atoms in total. The number of anilines is 1. The van der Waals surface area contributed by atoms with Gasteiger partial charge in [-0.1, -0.05) is 12.1 Å². The highest BCUT2D eigenvalue weighted by atomic mass is 16.5. The van der Waals surface area contributed by atoms with Crippen LogP contribution in [-0.2, 0) is 16.0 Å². The number of methoxy groups -OCH3 is 1. The minimum absolute atomic E-state index is 0.0294. The molecule has 9 heteroatoms. The Morgan fingerprint density at radius 1 is 1.38 bits per heavy atom. The van der Waals surface area contributed by atoms with Crippen LogP contribution in [0.15, 0.2) is 47.5 Å². The van der Waals surface area contributed by atoms with E-state index in [1.54, 1.807) is 30.5 Å². The molecule has 1 atom stereocenters. The first-order chi connectivity index (χ1) is 12.6. The summed E-state index contributed by atoms with van der Waals surface area (Å²) in [6.07, 6.45) is 4.46. The molecule has 2 aromatic heterocycles. The second-order valence-corrected chi connectivity index (χ2v) is 5.46. The molecule has 3 rings (SSSR count). The quantitative estimate of drug-likeness (QED) is 0.446. The molecule has 0 spiro atoms. The predicted octanol–water partition coefficient (Wildman–Crippen LogP) is 1.16. The molecular formula is C17H17N5O4. The highest BCUT2D eigenvalue weighted by molar-refractivity contribution is 5.95. The summed E-state index contributed by atoms with van der Waals surface area (Å²) in [7, 11) is 1.25. The number of rotatable bonds is 6. The van der Waals surface area contributed by atoms with Gasteiger partial charge in [-0.15, -0.1) is 0 Å². The molecule has 0 fully saturated rings. The molecule has 0 aliphatic heterocycles. The van der Waals surface area contributed by atoms with Gasteiger partial charge in [0.25, 0.3) is 5.91 Å². The molecule has 0 saturated carbocycles. The first-order valence-corrected chi connectivity index (χ1v) is 7.75. The lowest BCUT2D eigenvalue weighted by molar-refractivity contribution is -0.142. The molecule has 3 aromatic rings. The van der Waals surface area contributed by atoms with E-state index < -0.39 is 17.9 Å². The summed E-state index contributed by atoms with van der Waals surface area (Å²) in [5, 5.41) is 2.59. The van der Waals surface area contributed by atoms with Crippen LogP contribution >= 0.6 is 0 Å². The zero-order valence-corrected chi connectivity index (χ0v) is 13.9. The lowest BCUT2D eigenvalue weighted by Gasteiger charge is -2.14. The van der Waals surface area contributed by atoms with Crippen LogP contribution < -0.4 is 11.1 Å². The molecule has 26 heavy (non-hydrogen) atoms. The molecule has 0 saturated heterocycles. The second kappa shape index (κ2) is 7.51. The van der Waals surface area contributed by atoms with Crippen molar-refractivity contribution < 1.29 is 18.7 Å². The van der Waals surface area contributed by atoms with Gasteiger partial charge in [0.1, 0.15) is 12.3 Å². The molecule has 0 radical (unpaired) electrons. The summed E-state index contributed by atoms with van der Waals surface area (Å²) in [5.74, 6) is -0.926. The van der Waals surface area contributed by atoms with Gasteiger partial charge in [0.15, 0.2) is 5.69 Å². The fourth-order valence-electron chi connectivity index (χ4n) is 2.38. The van der Waals surface area contributed by atoms with Crippen LogP contribution in [0.5, 0.6) is 0 Å². The average Bonchev–Trinajstić information content (AvgIpc) is 3.32. The number of imidazole rings is 1.